The summed E-state index contributed by atoms with van der Waals surface area (Å²) in [5.74, 6) is 0.00840. The molecule has 2 fully saturated rings. The highest BCUT2D eigenvalue weighted by Gasteiger charge is 2.26. The summed E-state index contributed by atoms with van der Waals surface area (Å²) in [5, 5.41) is 6.89. The fourth-order valence-corrected chi connectivity index (χ4v) is 3.86. The standard InChI is InChI=1S/C19H27ClN4O2/c1-14-11-15(5-6-21-14)19(26)22-13-18(25)24-9-7-23(8-10-24)17-4-2-3-16(20)12-17/h2-4,12,14-15,21H,5-11,13H2,1H3,(H,22,26)/t14-,15-/m0/s1. The molecule has 1 aromatic rings. The van der Waals surface area contributed by atoms with Crippen molar-refractivity contribution in [2.75, 3.05) is 44.2 Å². The predicted molar refractivity (Wildman–Crippen MR) is 103 cm³/mol. The molecule has 7 heteroatoms. The molecule has 2 atom stereocenters. The summed E-state index contributed by atoms with van der Waals surface area (Å²) in [7, 11) is 0. The number of rotatable bonds is 4. The van der Waals surface area contributed by atoms with Gasteiger partial charge in [0.2, 0.25) is 11.8 Å². The van der Waals surface area contributed by atoms with Crippen molar-refractivity contribution >= 4 is 29.1 Å². The Morgan fingerprint density at radius 2 is 2.04 bits per heavy atom. The van der Waals surface area contributed by atoms with Gasteiger partial charge >= 0.3 is 0 Å². The summed E-state index contributed by atoms with van der Waals surface area (Å²) in [4.78, 5) is 28.7. The van der Waals surface area contributed by atoms with Crippen molar-refractivity contribution in [1.82, 2.24) is 15.5 Å². The SMILES string of the molecule is C[C@H]1C[C@@H](C(=O)NCC(=O)N2CCN(c3cccc(Cl)c3)CC2)CCN1. The number of halogens is 1. The Bertz CT molecular complexity index is 646. The normalized spacial score (nSPS) is 23.6. The molecule has 2 aliphatic rings. The number of amides is 2. The van der Waals surface area contributed by atoms with Crippen molar-refractivity contribution in [3.05, 3.63) is 29.3 Å². The quantitative estimate of drug-likeness (QED) is 0.833. The van der Waals surface area contributed by atoms with Crippen molar-refractivity contribution in [2.24, 2.45) is 5.92 Å². The number of nitrogens with zero attached hydrogens (tertiary/aromatic N) is 2. The van der Waals surface area contributed by atoms with E-state index in [1.54, 1.807) is 0 Å². The molecular formula is C19H27ClN4O2. The summed E-state index contributed by atoms with van der Waals surface area (Å²) in [5.41, 5.74) is 1.08. The molecule has 0 aliphatic carbocycles. The largest absolute Gasteiger partial charge is 0.368 e. The van der Waals surface area contributed by atoms with Crippen LogP contribution < -0.4 is 15.5 Å². The second kappa shape index (κ2) is 8.73. The van der Waals surface area contributed by atoms with Crippen LogP contribution in [0.2, 0.25) is 5.02 Å². The van der Waals surface area contributed by atoms with E-state index < -0.39 is 0 Å². The predicted octanol–water partition coefficient (Wildman–Crippen LogP) is 1.49. The van der Waals surface area contributed by atoms with E-state index >= 15 is 0 Å². The zero-order valence-corrected chi connectivity index (χ0v) is 16.0. The Balaban J connectivity index is 1.43. The molecule has 2 N–H and O–H groups in total. The molecule has 0 aromatic heterocycles. The lowest BCUT2D eigenvalue weighted by atomic mass is 9.92. The van der Waals surface area contributed by atoms with Crippen LogP contribution in [0.3, 0.4) is 0 Å². The Hall–Kier alpha value is -1.79. The molecule has 0 bridgehead atoms. The molecule has 2 heterocycles. The molecule has 2 amide bonds. The van der Waals surface area contributed by atoms with Crippen molar-refractivity contribution in [2.45, 2.75) is 25.8 Å². The van der Waals surface area contributed by atoms with Crippen LogP contribution in [0, 0.1) is 5.92 Å². The molecule has 26 heavy (non-hydrogen) atoms. The summed E-state index contributed by atoms with van der Waals surface area (Å²) in [6.07, 6.45) is 1.67. The molecule has 0 radical (unpaired) electrons. The number of carbonyl (C=O) groups is 2. The van der Waals surface area contributed by atoms with E-state index in [9.17, 15) is 9.59 Å². The average Bonchev–Trinajstić information content (AvgIpc) is 2.66. The van der Waals surface area contributed by atoms with Gasteiger partial charge in [-0.15, -0.1) is 0 Å². The maximum absolute atomic E-state index is 12.4. The van der Waals surface area contributed by atoms with Gasteiger partial charge in [-0.2, -0.15) is 0 Å². The minimum absolute atomic E-state index is 0.00395. The molecule has 0 saturated carbocycles. The third-order valence-electron chi connectivity index (χ3n) is 5.21. The number of nitrogens with one attached hydrogen (secondary N) is 2. The summed E-state index contributed by atoms with van der Waals surface area (Å²) in [6.45, 7) is 5.89. The van der Waals surface area contributed by atoms with E-state index in [0.717, 1.165) is 43.2 Å². The third kappa shape index (κ3) is 4.89. The number of piperazine rings is 1. The Morgan fingerprint density at radius 3 is 2.73 bits per heavy atom. The van der Waals surface area contributed by atoms with Crippen LogP contribution in [0.4, 0.5) is 5.69 Å². The maximum atomic E-state index is 12.4. The molecule has 2 aliphatic heterocycles. The van der Waals surface area contributed by atoms with Gasteiger partial charge in [0.15, 0.2) is 0 Å². The fraction of sp³-hybridized carbons (Fsp3) is 0.579. The first-order valence-corrected chi connectivity index (χ1v) is 9.70. The zero-order chi connectivity index (χ0) is 18.5. The van der Waals surface area contributed by atoms with Crippen LogP contribution in [-0.4, -0.2) is 62.0 Å². The van der Waals surface area contributed by atoms with Gasteiger partial charge in [-0.25, -0.2) is 0 Å². The summed E-state index contributed by atoms with van der Waals surface area (Å²) < 4.78 is 0. The van der Waals surface area contributed by atoms with E-state index in [1.165, 1.54) is 0 Å². The molecule has 2 saturated heterocycles. The molecule has 0 spiro atoms. The molecule has 0 unspecified atom stereocenters. The number of piperidine rings is 1. The van der Waals surface area contributed by atoms with Crippen LogP contribution in [0.15, 0.2) is 24.3 Å². The van der Waals surface area contributed by atoms with Crippen LogP contribution in [0.5, 0.6) is 0 Å². The van der Waals surface area contributed by atoms with Gasteiger partial charge in [0, 0.05) is 48.8 Å². The van der Waals surface area contributed by atoms with E-state index in [0.29, 0.717) is 19.1 Å². The van der Waals surface area contributed by atoms with Gasteiger partial charge in [0.05, 0.1) is 6.54 Å². The van der Waals surface area contributed by atoms with Crippen molar-refractivity contribution in [3.8, 4) is 0 Å². The summed E-state index contributed by atoms with van der Waals surface area (Å²) >= 11 is 6.05. The topological polar surface area (TPSA) is 64.7 Å². The smallest absolute Gasteiger partial charge is 0.242 e. The van der Waals surface area contributed by atoms with Gasteiger partial charge in [0.25, 0.3) is 0 Å². The van der Waals surface area contributed by atoms with Gasteiger partial charge in [0.1, 0.15) is 0 Å². The van der Waals surface area contributed by atoms with E-state index in [2.05, 4.69) is 22.5 Å². The lowest BCUT2D eigenvalue weighted by Crippen LogP contribution is -2.52. The number of anilines is 1. The molecule has 3 rings (SSSR count). The van der Waals surface area contributed by atoms with Crippen LogP contribution >= 0.6 is 11.6 Å². The lowest BCUT2D eigenvalue weighted by molar-refractivity contribution is -0.134. The lowest BCUT2D eigenvalue weighted by Gasteiger charge is -2.36. The highest BCUT2D eigenvalue weighted by Crippen LogP contribution is 2.21. The Labute approximate surface area is 159 Å². The first-order chi connectivity index (χ1) is 12.5. The van der Waals surface area contributed by atoms with E-state index in [4.69, 9.17) is 11.6 Å². The minimum atomic E-state index is -0.00826. The third-order valence-corrected chi connectivity index (χ3v) is 5.45. The Kier molecular flexibility index (Phi) is 6.38. The van der Waals surface area contributed by atoms with E-state index in [1.807, 2.05) is 29.2 Å². The molecular weight excluding hydrogens is 352 g/mol. The van der Waals surface area contributed by atoms with Gasteiger partial charge in [-0.3, -0.25) is 9.59 Å². The number of hydrogen-bond acceptors (Lipinski definition) is 4. The van der Waals surface area contributed by atoms with Crippen LogP contribution in [0.25, 0.3) is 0 Å². The average molecular weight is 379 g/mol. The van der Waals surface area contributed by atoms with Gasteiger partial charge in [-0.1, -0.05) is 17.7 Å². The molecule has 1 aromatic carbocycles. The van der Waals surface area contributed by atoms with Crippen molar-refractivity contribution in [3.63, 3.8) is 0 Å². The van der Waals surface area contributed by atoms with Crippen LogP contribution in [-0.2, 0) is 9.59 Å². The highest BCUT2D eigenvalue weighted by molar-refractivity contribution is 6.30. The number of benzene rings is 1. The monoisotopic (exact) mass is 378 g/mol. The molecule has 142 valence electrons. The van der Waals surface area contributed by atoms with E-state index in [-0.39, 0.29) is 24.3 Å². The van der Waals surface area contributed by atoms with Crippen molar-refractivity contribution in [1.29, 1.82) is 0 Å². The van der Waals surface area contributed by atoms with Crippen LogP contribution in [0.1, 0.15) is 19.8 Å². The van der Waals surface area contributed by atoms with Gasteiger partial charge < -0.3 is 20.4 Å². The minimum Gasteiger partial charge on any atom is -0.368 e. The fourth-order valence-electron chi connectivity index (χ4n) is 3.68. The van der Waals surface area contributed by atoms with Crippen molar-refractivity contribution < 1.29 is 9.59 Å². The summed E-state index contributed by atoms with van der Waals surface area (Å²) in [6, 6.07) is 8.13. The Morgan fingerprint density at radius 1 is 1.27 bits per heavy atom. The first kappa shape index (κ1) is 19.0. The second-order valence-electron chi connectivity index (χ2n) is 7.14. The molecule has 6 nitrogen and oxygen atoms in total. The highest BCUT2D eigenvalue weighted by atomic mass is 35.5. The van der Waals surface area contributed by atoms with Gasteiger partial charge in [-0.05, 0) is 44.5 Å². The first-order valence-electron chi connectivity index (χ1n) is 9.32. The maximum Gasteiger partial charge on any atom is 0.242 e. The second-order valence-corrected chi connectivity index (χ2v) is 7.58. The zero-order valence-electron chi connectivity index (χ0n) is 15.2. The number of carbonyl (C=O) groups excluding carboxylic acids is 2. The number of hydrogen-bond donors (Lipinski definition) is 2.